The van der Waals surface area contributed by atoms with Crippen LogP contribution < -0.4 is 0 Å². The summed E-state index contributed by atoms with van der Waals surface area (Å²) >= 11 is 0. The molecule has 0 spiro atoms. The number of benzene rings is 2. The van der Waals surface area contributed by atoms with Gasteiger partial charge in [-0.05, 0) is 68.0 Å². The first-order chi connectivity index (χ1) is 8.91. The molecule has 2 rings (SSSR count). The van der Waals surface area contributed by atoms with Gasteiger partial charge >= 0.3 is 0 Å². The summed E-state index contributed by atoms with van der Waals surface area (Å²) in [5.41, 5.74) is 7.94. The molecule has 0 amide bonds. The molecular weight excluding hydrogens is 232 g/mol. The second-order valence-electron chi connectivity index (χ2n) is 5.52. The number of aliphatic hydroxyl groups is 1. The van der Waals surface area contributed by atoms with E-state index in [0.29, 0.717) is 0 Å². The van der Waals surface area contributed by atoms with Gasteiger partial charge < -0.3 is 5.11 Å². The molecule has 2 aromatic carbocycles. The maximum absolute atomic E-state index is 10.8. The molecule has 0 aliphatic carbocycles. The fraction of sp³-hybridized carbons (Fsp3) is 0.333. The molecule has 0 heterocycles. The van der Waals surface area contributed by atoms with Crippen molar-refractivity contribution in [2.45, 2.75) is 40.7 Å². The summed E-state index contributed by atoms with van der Waals surface area (Å²) in [7, 11) is 0. The number of aryl methyl sites for hydroxylation is 5. The zero-order valence-electron chi connectivity index (χ0n) is 12.4. The first kappa shape index (κ1) is 13.8. The van der Waals surface area contributed by atoms with Gasteiger partial charge in [0.1, 0.15) is 6.10 Å². The van der Waals surface area contributed by atoms with E-state index in [0.717, 1.165) is 33.4 Å². The molecule has 0 aliphatic rings. The van der Waals surface area contributed by atoms with Gasteiger partial charge in [-0.1, -0.05) is 35.9 Å². The highest BCUT2D eigenvalue weighted by molar-refractivity contribution is 5.46. The lowest BCUT2D eigenvalue weighted by Gasteiger charge is -2.21. The van der Waals surface area contributed by atoms with Crippen LogP contribution in [-0.4, -0.2) is 5.11 Å². The second-order valence-corrected chi connectivity index (χ2v) is 5.52. The van der Waals surface area contributed by atoms with Gasteiger partial charge in [-0.15, -0.1) is 0 Å². The molecule has 19 heavy (non-hydrogen) atoms. The lowest BCUT2D eigenvalue weighted by atomic mass is 9.88. The molecule has 0 aliphatic heterocycles. The Balaban J connectivity index is 2.60. The van der Waals surface area contributed by atoms with Crippen molar-refractivity contribution in [3.05, 3.63) is 69.3 Å². The van der Waals surface area contributed by atoms with Crippen molar-refractivity contribution in [2.24, 2.45) is 0 Å². The molecule has 0 radical (unpaired) electrons. The van der Waals surface area contributed by atoms with Crippen molar-refractivity contribution < 1.29 is 5.11 Å². The highest BCUT2D eigenvalue weighted by Crippen LogP contribution is 2.32. The summed E-state index contributed by atoms with van der Waals surface area (Å²) in [6.45, 7) is 10.4. The molecule has 1 N–H and O–H groups in total. The topological polar surface area (TPSA) is 20.2 Å². The lowest BCUT2D eigenvalue weighted by molar-refractivity contribution is 0.217. The first-order valence-corrected chi connectivity index (χ1v) is 6.73. The zero-order valence-corrected chi connectivity index (χ0v) is 12.4. The van der Waals surface area contributed by atoms with Crippen LogP contribution in [0.1, 0.15) is 45.0 Å². The number of hydrogen-bond acceptors (Lipinski definition) is 1. The second kappa shape index (κ2) is 5.18. The Morgan fingerprint density at radius 3 is 1.63 bits per heavy atom. The lowest BCUT2D eigenvalue weighted by Crippen LogP contribution is -2.08. The van der Waals surface area contributed by atoms with E-state index in [4.69, 9.17) is 0 Å². The van der Waals surface area contributed by atoms with Crippen molar-refractivity contribution in [1.82, 2.24) is 0 Å². The third-order valence-corrected chi connectivity index (χ3v) is 3.83. The third-order valence-electron chi connectivity index (χ3n) is 3.83. The number of rotatable bonds is 2. The van der Waals surface area contributed by atoms with Crippen molar-refractivity contribution in [3.8, 4) is 0 Å². The Morgan fingerprint density at radius 1 is 0.737 bits per heavy atom. The molecule has 0 saturated heterocycles. The fourth-order valence-corrected chi connectivity index (χ4v) is 3.03. The van der Waals surface area contributed by atoms with E-state index < -0.39 is 6.10 Å². The first-order valence-electron chi connectivity index (χ1n) is 6.73. The Hall–Kier alpha value is -1.60. The Kier molecular flexibility index (Phi) is 3.77. The predicted molar refractivity (Wildman–Crippen MR) is 80.6 cm³/mol. The number of aliphatic hydroxyl groups excluding tert-OH is 1. The molecule has 1 nitrogen and oxygen atoms in total. The van der Waals surface area contributed by atoms with E-state index >= 15 is 0 Å². The van der Waals surface area contributed by atoms with Crippen LogP contribution in [0.15, 0.2) is 30.3 Å². The largest absolute Gasteiger partial charge is 0.384 e. The summed E-state index contributed by atoms with van der Waals surface area (Å²) in [6.07, 6.45) is -0.540. The summed E-state index contributed by atoms with van der Waals surface area (Å²) in [5, 5.41) is 10.8. The molecule has 0 fully saturated rings. The van der Waals surface area contributed by atoms with E-state index in [-0.39, 0.29) is 0 Å². The molecule has 0 bridgehead atoms. The quantitative estimate of drug-likeness (QED) is 0.846. The standard InChI is InChI=1S/C18H22O/c1-11-9-14(4)17(15(5)10-11)18(19)16-12(2)7-6-8-13(16)3/h6-10,18-19H,1-5H3. The van der Waals surface area contributed by atoms with Crippen LogP contribution in [0.25, 0.3) is 0 Å². The molecule has 1 unspecified atom stereocenters. The normalized spacial score (nSPS) is 12.5. The Morgan fingerprint density at radius 2 is 1.16 bits per heavy atom. The van der Waals surface area contributed by atoms with Crippen molar-refractivity contribution >= 4 is 0 Å². The van der Waals surface area contributed by atoms with E-state index in [9.17, 15) is 5.11 Å². The molecule has 100 valence electrons. The Bertz CT molecular complexity index is 568. The van der Waals surface area contributed by atoms with E-state index in [1.54, 1.807) is 0 Å². The van der Waals surface area contributed by atoms with Crippen molar-refractivity contribution in [3.63, 3.8) is 0 Å². The SMILES string of the molecule is Cc1cc(C)c(C(O)c2c(C)cccc2C)c(C)c1. The predicted octanol–water partition coefficient (Wildman–Crippen LogP) is 4.31. The highest BCUT2D eigenvalue weighted by atomic mass is 16.3. The van der Waals surface area contributed by atoms with E-state index in [2.05, 4.69) is 58.9 Å². The van der Waals surface area contributed by atoms with Gasteiger partial charge in [0, 0.05) is 0 Å². The van der Waals surface area contributed by atoms with Gasteiger partial charge in [0.15, 0.2) is 0 Å². The minimum absolute atomic E-state index is 0.540. The van der Waals surface area contributed by atoms with Crippen LogP contribution in [0, 0.1) is 34.6 Å². The van der Waals surface area contributed by atoms with Crippen LogP contribution in [0.4, 0.5) is 0 Å². The minimum atomic E-state index is -0.540. The average Bonchev–Trinajstić information content (AvgIpc) is 2.26. The zero-order chi connectivity index (χ0) is 14.2. The molecule has 1 heteroatoms. The van der Waals surface area contributed by atoms with Gasteiger partial charge in [-0.25, -0.2) is 0 Å². The van der Waals surface area contributed by atoms with Crippen LogP contribution in [0.5, 0.6) is 0 Å². The van der Waals surface area contributed by atoms with E-state index in [1.807, 2.05) is 6.07 Å². The van der Waals surface area contributed by atoms with Gasteiger partial charge in [0.2, 0.25) is 0 Å². The fourth-order valence-electron chi connectivity index (χ4n) is 3.03. The maximum atomic E-state index is 10.8. The smallest absolute Gasteiger partial charge is 0.105 e. The molecule has 0 aromatic heterocycles. The molecular formula is C18H22O. The minimum Gasteiger partial charge on any atom is -0.384 e. The van der Waals surface area contributed by atoms with Gasteiger partial charge in [0.25, 0.3) is 0 Å². The summed E-state index contributed by atoms with van der Waals surface area (Å²) in [5.74, 6) is 0. The van der Waals surface area contributed by atoms with Gasteiger partial charge in [-0.2, -0.15) is 0 Å². The highest BCUT2D eigenvalue weighted by Gasteiger charge is 2.19. The number of hydrogen-bond donors (Lipinski definition) is 1. The monoisotopic (exact) mass is 254 g/mol. The van der Waals surface area contributed by atoms with Gasteiger partial charge in [-0.3, -0.25) is 0 Å². The third kappa shape index (κ3) is 2.57. The van der Waals surface area contributed by atoms with Crippen molar-refractivity contribution in [1.29, 1.82) is 0 Å². The van der Waals surface area contributed by atoms with Gasteiger partial charge in [0.05, 0.1) is 0 Å². The van der Waals surface area contributed by atoms with Crippen LogP contribution >= 0.6 is 0 Å². The summed E-state index contributed by atoms with van der Waals surface area (Å²) in [6, 6.07) is 10.4. The van der Waals surface area contributed by atoms with Crippen LogP contribution in [0.2, 0.25) is 0 Å². The Labute approximate surface area is 115 Å². The van der Waals surface area contributed by atoms with Crippen molar-refractivity contribution in [2.75, 3.05) is 0 Å². The van der Waals surface area contributed by atoms with E-state index in [1.165, 1.54) is 5.56 Å². The van der Waals surface area contributed by atoms with Crippen LogP contribution in [-0.2, 0) is 0 Å². The molecule has 1 atom stereocenters. The van der Waals surface area contributed by atoms with Crippen LogP contribution in [0.3, 0.4) is 0 Å². The summed E-state index contributed by atoms with van der Waals surface area (Å²) in [4.78, 5) is 0. The molecule has 2 aromatic rings. The maximum Gasteiger partial charge on any atom is 0.105 e. The molecule has 0 saturated carbocycles. The summed E-state index contributed by atoms with van der Waals surface area (Å²) < 4.78 is 0. The average molecular weight is 254 g/mol.